The van der Waals surface area contributed by atoms with Gasteiger partial charge in [0, 0.05) is 5.41 Å². The van der Waals surface area contributed by atoms with Crippen molar-refractivity contribution in [1.82, 2.24) is 0 Å². The van der Waals surface area contributed by atoms with E-state index < -0.39 is 108 Å². The Labute approximate surface area is 188 Å². The number of aliphatic carboxylic acids is 8. The van der Waals surface area contributed by atoms with E-state index in [0.29, 0.717) is 0 Å². The van der Waals surface area contributed by atoms with Crippen molar-refractivity contribution in [3.05, 3.63) is 0 Å². The minimum Gasteiger partial charge on any atom is -0.481 e. The lowest BCUT2D eigenvalue weighted by Crippen LogP contribution is -2.53. The van der Waals surface area contributed by atoms with Gasteiger partial charge in [0.15, 0.2) is 0 Å². The van der Waals surface area contributed by atoms with Crippen molar-refractivity contribution in [3.63, 3.8) is 0 Å². The normalized spacial score (nSPS) is 26.5. The summed E-state index contributed by atoms with van der Waals surface area (Å²) in [6.45, 7) is 0. The van der Waals surface area contributed by atoms with Gasteiger partial charge in [-0.25, -0.2) is 0 Å². The summed E-state index contributed by atoms with van der Waals surface area (Å²) in [6, 6.07) is 0. The van der Waals surface area contributed by atoms with Crippen molar-refractivity contribution >= 4 is 47.8 Å². The summed E-state index contributed by atoms with van der Waals surface area (Å²) in [5.41, 5.74) is -2.94. The number of hydrogen-bond acceptors (Lipinski definition) is 8. The third-order valence-electron chi connectivity index (χ3n) is 6.04. The lowest BCUT2D eigenvalue weighted by molar-refractivity contribution is -0.177. The van der Waals surface area contributed by atoms with Crippen LogP contribution in [0.15, 0.2) is 0 Å². The molecule has 7 atom stereocenters. The molecule has 1 aliphatic rings. The molecule has 16 nitrogen and oxygen atoms in total. The molecule has 0 aromatic heterocycles. The molecule has 0 radical (unpaired) electrons. The van der Waals surface area contributed by atoms with Crippen LogP contribution in [0.3, 0.4) is 0 Å². The second kappa shape index (κ2) is 10.1. The van der Waals surface area contributed by atoms with Gasteiger partial charge in [-0.3, -0.25) is 38.4 Å². The molecular formula is C18H20O16. The zero-order valence-corrected chi connectivity index (χ0v) is 16.9. The lowest BCUT2D eigenvalue weighted by Gasteiger charge is -2.41. The maximum Gasteiger partial charge on any atom is 0.308 e. The summed E-state index contributed by atoms with van der Waals surface area (Å²) in [7, 11) is 0. The van der Waals surface area contributed by atoms with Crippen LogP contribution in [0, 0.1) is 40.9 Å². The molecule has 1 aliphatic carbocycles. The highest BCUT2D eigenvalue weighted by Gasteiger charge is 2.69. The van der Waals surface area contributed by atoms with Crippen LogP contribution < -0.4 is 0 Å². The molecular weight excluding hydrogens is 472 g/mol. The van der Waals surface area contributed by atoms with Gasteiger partial charge in [-0.05, 0) is 6.42 Å². The highest BCUT2D eigenvalue weighted by atomic mass is 16.4. The fourth-order valence-electron chi connectivity index (χ4n) is 4.96. The molecule has 0 saturated heterocycles. The monoisotopic (exact) mass is 492 g/mol. The predicted molar refractivity (Wildman–Crippen MR) is 98.3 cm³/mol. The summed E-state index contributed by atoms with van der Waals surface area (Å²) >= 11 is 0. The molecule has 0 heterocycles. The van der Waals surface area contributed by atoms with E-state index in [2.05, 4.69) is 0 Å². The molecule has 0 bridgehead atoms. The molecule has 7 unspecified atom stereocenters. The number of carbonyl (C=O) groups is 8. The first kappa shape index (κ1) is 27.8. The SMILES string of the molecule is O=C(O)CC(C(=O)O)C(C(=O)O)C(C(=O)O)C1(CC(=O)O)CC(C(=O)O)C(C(=O)O)C1C(=O)O. The quantitative estimate of drug-likeness (QED) is 0.145. The van der Waals surface area contributed by atoms with Crippen molar-refractivity contribution in [2.24, 2.45) is 40.9 Å². The Hall–Kier alpha value is -4.24. The van der Waals surface area contributed by atoms with Gasteiger partial charge in [0.1, 0.15) is 0 Å². The fourth-order valence-corrected chi connectivity index (χ4v) is 4.96. The fraction of sp³-hybridized carbons (Fsp3) is 0.556. The van der Waals surface area contributed by atoms with E-state index in [-0.39, 0.29) is 0 Å². The van der Waals surface area contributed by atoms with Gasteiger partial charge < -0.3 is 40.9 Å². The first-order valence-corrected chi connectivity index (χ1v) is 9.30. The third kappa shape index (κ3) is 5.21. The van der Waals surface area contributed by atoms with Crippen molar-refractivity contribution in [1.29, 1.82) is 0 Å². The van der Waals surface area contributed by atoms with E-state index in [0.717, 1.165) is 0 Å². The molecule has 1 fully saturated rings. The van der Waals surface area contributed by atoms with Crippen LogP contribution in [0.25, 0.3) is 0 Å². The molecule has 0 aliphatic heterocycles. The Kier molecular flexibility index (Phi) is 8.29. The maximum absolute atomic E-state index is 12.3. The van der Waals surface area contributed by atoms with Gasteiger partial charge in [-0.2, -0.15) is 0 Å². The van der Waals surface area contributed by atoms with E-state index in [1.165, 1.54) is 0 Å². The van der Waals surface area contributed by atoms with Crippen LogP contribution in [0.4, 0.5) is 0 Å². The van der Waals surface area contributed by atoms with Crippen LogP contribution in [0.2, 0.25) is 0 Å². The van der Waals surface area contributed by atoms with E-state index in [9.17, 15) is 74.1 Å². The Morgan fingerprint density at radius 3 is 1.50 bits per heavy atom. The van der Waals surface area contributed by atoms with E-state index in [4.69, 9.17) is 5.11 Å². The number of carboxylic acids is 8. The third-order valence-corrected chi connectivity index (χ3v) is 6.04. The van der Waals surface area contributed by atoms with Crippen molar-refractivity contribution in [3.8, 4) is 0 Å². The summed E-state index contributed by atoms with van der Waals surface area (Å²) in [5.74, 6) is -31.9. The molecule has 1 saturated carbocycles. The first-order valence-electron chi connectivity index (χ1n) is 9.30. The number of hydrogen-bond donors (Lipinski definition) is 8. The Morgan fingerprint density at radius 2 is 1.21 bits per heavy atom. The van der Waals surface area contributed by atoms with Crippen LogP contribution in [-0.2, 0) is 38.4 Å². The van der Waals surface area contributed by atoms with Gasteiger partial charge in [0.25, 0.3) is 0 Å². The second-order valence-electron chi connectivity index (χ2n) is 7.85. The summed E-state index contributed by atoms with van der Waals surface area (Å²) in [5, 5.41) is 76.0. The zero-order valence-electron chi connectivity index (χ0n) is 16.9. The van der Waals surface area contributed by atoms with Gasteiger partial charge in [-0.15, -0.1) is 0 Å². The van der Waals surface area contributed by atoms with Crippen molar-refractivity contribution in [2.75, 3.05) is 0 Å². The second-order valence-corrected chi connectivity index (χ2v) is 7.85. The average Bonchev–Trinajstić information content (AvgIpc) is 2.98. The molecule has 188 valence electrons. The molecule has 0 spiro atoms. The highest BCUT2D eigenvalue weighted by molar-refractivity contribution is 5.92. The zero-order chi connectivity index (χ0) is 26.7. The smallest absolute Gasteiger partial charge is 0.308 e. The van der Waals surface area contributed by atoms with Gasteiger partial charge in [0.05, 0.1) is 48.3 Å². The van der Waals surface area contributed by atoms with Crippen LogP contribution in [0.1, 0.15) is 19.3 Å². The van der Waals surface area contributed by atoms with Crippen LogP contribution in [0.5, 0.6) is 0 Å². The topological polar surface area (TPSA) is 298 Å². The number of rotatable bonds is 13. The molecule has 0 amide bonds. The van der Waals surface area contributed by atoms with Crippen LogP contribution in [-0.4, -0.2) is 88.6 Å². The van der Waals surface area contributed by atoms with Gasteiger partial charge in [-0.1, -0.05) is 0 Å². The Bertz CT molecular complexity index is 936. The molecule has 16 heteroatoms. The summed E-state index contributed by atoms with van der Waals surface area (Å²) in [6.07, 6.45) is -4.29. The summed E-state index contributed by atoms with van der Waals surface area (Å²) in [4.78, 5) is 94.3. The van der Waals surface area contributed by atoms with Crippen molar-refractivity contribution < 1.29 is 79.2 Å². The maximum atomic E-state index is 12.3. The van der Waals surface area contributed by atoms with E-state index in [1.807, 2.05) is 0 Å². The standard InChI is InChI=1S/C18H20O16/c19-6(20)1-4(12(23)24)8(14(27)28)10(16(31)32)18(3-7(21)22)2-5(13(25)26)9(15(29)30)11(18)17(33)34/h4-5,8-11H,1-3H2,(H,19,20)(H,21,22)(H,23,24)(H,25,26)(H,27,28)(H,29,30)(H,31,32)(H,33,34). The molecule has 0 aromatic rings. The molecule has 1 rings (SSSR count). The highest BCUT2D eigenvalue weighted by Crippen LogP contribution is 2.59. The summed E-state index contributed by atoms with van der Waals surface area (Å²) < 4.78 is 0. The Balaban J connectivity index is 4.08. The van der Waals surface area contributed by atoms with Crippen molar-refractivity contribution in [2.45, 2.75) is 19.3 Å². The molecule has 34 heavy (non-hydrogen) atoms. The average molecular weight is 492 g/mol. The number of carboxylic acid groups (broad SMARTS) is 8. The lowest BCUT2D eigenvalue weighted by atomic mass is 9.58. The molecule has 0 aromatic carbocycles. The Morgan fingerprint density at radius 1 is 0.676 bits per heavy atom. The van der Waals surface area contributed by atoms with Gasteiger partial charge >= 0.3 is 47.8 Å². The minimum atomic E-state index is -2.94. The van der Waals surface area contributed by atoms with E-state index in [1.54, 1.807) is 0 Å². The first-order chi connectivity index (χ1) is 15.5. The van der Waals surface area contributed by atoms with Crippen LogP contribution >= 0.6 is 0 Å². The largest absolute Gasteiger partial charge is 0.481 e. The van der Waals surface area contributed by atoms with E-state index >= 15 is 0 Å². The van der Waals surface area contributed by atoms with Gasteiger partial charge in [0.2, 0.25) is 0 Å². The minimum absolute atomic E-state index is 1.26. The predicted octanol–water partition coefficient (Wildman–Crippen LogP) is -1.47. The molecule has 8 N–H and O–H groups in total.